The molecule has 0 aliphatic rings. The molecule has 1 aromatic rings. The summed E-state index contributed by atoms with van der Waals surface area (Å²) in [5, 5.41) is 16.4. The van der Waals surface area contributed by atoms with Crippen LogP contribution in [0.1, 0.15) is 17.3 Å². The monoisotopic (exact) mass is 281 g/mol. The smallest absolute Gasteiger partial charge is 0.300 e. The summed E-state index contributed by atoms with van der Waals surface area (Å²) in [5.74, 6) is -0.0778. The highest BCUT2D eigenvalue weighted by Crippen LogP contribution is 2.20. The molecule has 1 aromatic heterocycles. The fourth-order valence-corrected chi connectivity index (χ4v) is 1.81. The Labute approximate surface area is 117 Å². The van der Waals surface area contributed by atoms with Crippen molar-refractivity contribution in [2.24, 2.45) is 0 Å². The number of carbonyl (C=O) groups is 1. The third-order valence-electron chi connectivity index (χ3n) is 2.60. The van der Waals surface area contributed by atoms with E-state index < -0.39 is 10.8 Å². The third-order valence-corrected chi connectivity index (χ3v) is 2.60. The number of hydrogen-bond donors (Lipinski definition) is 2. The van der Waals surface area contributed by atoms with Crippen LogP contribution in [-0.4, -0.2) is 54.4 Å². The van der Waals surface area contributed by atoms with Gasteiger partial charge in [0.1, 0.15) is 17.6 Å². The number of likely N-dealkylation sites (N-methyl/N-ethyl adjacent to an activating group) is 1. The Morgan fingerprint density at radius 2 is 2.20 bits per heavy atom. The Morgan fingerprint density at radius 3 is 2.70 bits per heavy atom. The summed E-state index contributed by atoms with van der Waals surface area (Å²) in [6.45, 7) is 2.48. The average Bonchev–Trinajstić information content (AvgIpc) is 2.36. The largest absolute Gasteiger partial charge is 0.373 e. The van der Waals surface area contributed by atoms with Gasteiger partial charge >= 0.3 is 0 Å². The number of rotatable bonds is 6. The van der Waals surface area contributed by atoms with Gasteiger partial charge in [0.15, 0.2) is 0 Å². The molecule has 110 valence electrons. The van der Waals surface area contributed by atoms with E-state index in [2.05, 4.69) is 15.6 Å². The molecule has 1 rings (SSSR count). The lowest BCUT2D eigenvalue weighted by molar-refractivity contribution is -0.385. The number of nitro groups is 1. The standard InChI is InChI=1S/C12H19N5O3/c1-8(7-16(3)4)15-12(18)9-5-11(13-2)14-6-10(9)17(19)20/h5-6,8H,7H2,1-4H3,(H,13,14)(H,15,18). The first-order chi connectivity index (χ1) is 9.35. The van der Waals surface area contributed by atoms with Gasteiger partial charge in [-0.05, 0) is 21.0 Å². The molecule has 0 bridgehead atoms. The molecule has 0 aliphatic carbocycles. The minimum atomic E-state index is -0.613. The van der Waals surface area contributed by atoms with E-state index in [-0.39, 0.29) is 17.3 Å². The van der Waals surface area contributed by atoms with E-state index >= 15 is 0 Å². The van der Waals surface area contributed by atoms with E-state index in [9.17, 15) is 14.9 Å². The zero-order chi connectivity index (χ0) is 15.3. The van der Waals surface area contributed by atoms with Crippen LogP contribution in [0.15, 0.2) is 12.3 Å². The van der Waals surface area contributed by atoms with Crippen LogP contribution in [0.25, 0.3) is 0 Å². The van der Waals surface area contributed by atoms with Crippen LogP contribution in [-0.2, 0) is 0 Å². The van der Waals surface area contributed by atoms with Gasteiger partial charge in [0, 0.05) is 25.7 Å². The Balaban J connectivity index is 2.98. The van der Waals surface area contributed by atoms with Gasteiger partial charge in [-0.25, -0.2) is 4.98 Å². The lowest BCUT2D eigenvalue weighted by atomic mass is 10.2. The van der Waals surface area contributed by atoms with E-state index in [1.54, 1.807) is 7.05 Å². The number of aromatic nitrogens is 1. The summed E-state index contributed by atoms with van der Waals surface area (Å²) < 4.78 is 0. The van der Waals surface area contributed by atoms with Crippen LogP contribution in [0.3, 0.4) is 0 Å². The molecule has 8 nitrogen and oxygen atoms in total. The third kappa shape index (κ3) is 4.16. The van der Waals surface area contributed by atoms with E-state index in [4.69, 9.17) is 0 Å². The summed E-state index contributed by atoms with van der Waals surface area (Å²) in [6.07, 6.45) is 1.08. The molecule has 0 fully saturated rings. The Morgan fingerprint density at radius 1 is 1.55 bits per heavy atom. The van der Waals surface area contributed by atoms with Crippen molar-refractivity contribution in [3.05, 3.63) is 27.9 Å². The van der Waals surface area contributed by atoms with Crippen LogP contribution >= 0.6 is 0 Å². The lowest BCUT2D eigenvalue weighted by Crippen LogP contribution is -2.39. The van der Waals surface area contributed by atoms with Crippen LogP contribution < -0.4 is 10.6 Å². The Hall–Kier alpha value is -2.22. The quantitative estimate of drug-likeness (QED) is 0.588. The molecular formula is C12H19N5O3. The molecule has 1 atom stereocenters. The van der Waals surface area contributed by atoms with Crippen LogP contribution in [0.4, 0.5) is 11.5 Å². The molecule has 0 saturated carbocycles. The highest BCUT2D eigenvalue weighted by Gasteiger charge is 2.22. The van der Waals surface area contributed by atoms with Gasteiger partial charge < -0.3 is 15.5 Å². The fraction of sp³-hybridized carbons (Fsp3) is 0.500. The number of anilines is 1. The van der Waals surface area contributed by atoms with Crippen LogP contribution in [0.2, 0.25) is 0 Å². The van der Waals surface area contributed by atoms with Crippen molar-refractivity contribution in [3.63, 3.8) is 0 Å². The molecule has 1 unspecified atom stereocenters. The van der Waals surface area contributed by atoms with Gasteiger partial charge in [0.25, 0.3) is 11.6 Å². The number of amides is 1. The first-order valence-electron chi connectivity index (χ1n) is 6.13. The molecule has 0 aliphatic heterocycles. The molecule has 1 heterocycles. The van der Waals surface area contributed by atoms with Crippen molar-refractivity contribution < 1.29 is 9.72 Å². The molecule has 0 aromatic carbocycles. The number of nitrogens with zero attached hydrogens (tertiary/aromatic N) is 3. The number of pyridine rings is 1. The van der Waals surface area contributed by atoms with E-state index in [0.717, 1.165) is 6.20 Å². The minimum Gasteiger partial charge on any atom is -0.373 e. The molecule has 0 spiro atoms. The molecule has 0 saturated heterocycles. The molecule has 2 N–H and O–H groups in total. The van der Waals surface area contributed by atoms with Gasteiger partial charge in [0.05, 0.1) is 4.92 Å². The number of hydrogen-bond acceptors (Lipinski definition) is 6. The van der Waals surface area contributed by atoms with Crippen molar-refractivity contribution in [2.75, 3.05) is 33.0 Å². The SMILES string of the molecule is CNc1cc(C(=O)NC(C)CN(C)C)c([N+](=O)[O-])cn1. The van der Waals surface area contributed by atoms with Crippen molar-refractivity contribution >= 4 is 17.4 Å². The molecule has 1 amide bonds. The zero-order valence-corrected chi connectivity index (χ0v) is 12.0. The van der Waals surface area contributed by atoms with Gasteiger partial charge in [-0.15, -0.1) is 0 Å². The van der Waals surface area contributed by atoms with Gasteiger partial charge in [-0.3, -0.25) is 14.9 Å². The normalized spacial score (nSPS) is 12.1. The summed E-state index contributed by atoms with van der Waals surface area (Å²) in [6, 6.07) is 1.25. The minimum absolute atomic E-state index is 0.0000406. The topological polar surface area (TPSA) is 100 Å². The molecule has 20 heavy (non-hydrogen) atoms. The summed E-state index contributed by atoms with van der Waals surface area (Å²) in [5.41, 5.74) is -0.307. The van der Waals surface area contributed by atoms with Crippen molar-refractivity contribution in [2.45, 2.75) is 13.0 Å². The predicted octanol–water partition coefficient (Wildman–Crippen LogP) is 0.711. The maximum Gasteiger partial charge on any atom is 0.300 e. The van der Waals surface area contributed by atoms with Crippen LogP contribution in [0, 0.1) is 10.1 Å². The maximum absolute atomic E-state index is 12.1. The fourth-order valence-electron chi connectivity index (χ4n) is 1.81. The van der Waals surface area contributed by atoms with E-state index in [1.165, 1.54) is 6.07 Å². The first kappa shape index (κ1) is 15.8. The molecule has 0 radical (unpaired) electrons. The first-order valence-corrected chi connectivity index (χ1v) is 6.13. The van der Waals surface area contributed by atoms with Crippen molar-refractivity contribution in [1.82, 2.24) is 15.2 Å². The van der Waals surface area contributed by atoms with Crippen LogP contribution in [0.5, 0.6) is 0 Å². The second kappa shape index (κ2) is 6.80. The zero-order valence-electron chi connectivity index (χ0n) is 12.0. The number of carbonyl (C=O) groups excluding carboxylic acids is 1. The predicted molar refractivity (Wildman–Crippen MR) is 75.9 cm³/mol. The molecular weight excluding hydrogens is 262 g/mol. The van der Waals surface area contributed by atoms with E-state index in [1.807, 2.05) is 25.9 Å². The Kier molecular flexibility index (Phi) is 5.39. The lowest BCUT2D eigenvalue weighted by Gasteiger charge is -2.18. The van der Waals surface area contributed by atoms with Crippen molar-refractivity contribution in [3.8, 4) is 0 Å². The van der Waals surface area contributed by atoms with Gasteiger partial charge in [0.2, 0.25) is 0 Å². The average molecular weight is 281 g/mol. The summed E-state index contributed by atoms with van der Waals surface area (Å²) in [7, 11) is 5.40. The Bertz CT molecular complexity index is 504. The number of nitrogens with one attached hydrogen (secondary N) is 2. The maximum atomic E-state index is 12.1. The van der Waals surface area contributed by atoms with E-state index in [0.29, 0.717) is 12.4 Å². The summed E-state index contributed by atoms with van der Waals surface area (Å²) in [4.78, 5) is 28.2. The van der Waals surface area contributed by atoms with Crippen molar-refractivity contribution in [1.29, 1.82) is 0 Å². The van der Waals surface area contributed by atoms with Gasteiger partial charge in [-0.1, -0.05) is 0 Å². The second-order valence-electron chi connectivity index (χ2n) is 4.73. The molecule has 8 heteroatoms. The van der Waals surface area contributed by atoms with Gasteiger partial charge in [-0.2, -0.15) is 0 Å². The highest BCUT2D eigenvalue weighted by molar-refractivity contribution is 5.98. The summed E-state index contributed by atoms with van der Waals surface area (Å²) >= 11 is 0. The second-order valence-corrected chi connectivity index (χ2v) is 4.73. The highest BCUT2D eigenvalue weighted by atomic mass is 16.6.